The molecule has 18 heavy (non-hydrogen) atoms. The molecule has 1 fully saturated rings. The van der Waals surface area contributed by atoms with Crippen LogP contribution in [-0.2, 0) is 10.0 Å². The first-order chi connectivity index (χ1) is 8.46. The summed E-state index contributed by atoms with van der Waals surface area (Å²) in [5.74, 6) is 0.769. The van der Waals surface area contributed by atoms with E-state index < -0.39 is 10.0 Å². The molecule has 0 bridgehead atoms. The van der Waals surface area contributed by atoms with Crippen LogP contribution in [0.15, 0.2) is 12.3 Å². The molecule has 2 rings (SSSR count). The maximum Gasteiger partial charge on any atom is 0.232 e. The van der Waals surface area contributed by atoms with E-state index in [1.165, 1.54) is 12.6 Å². The van der Waals surface area contributed by atoms with Gasteiger partial charge in [0, 0.05) is 0 Å². The van der Waals surface area contributed by atoms with E-state index in [1.54, 1.807) is 13.0 Å². The van der Waals surface area contributed by atoms with Crippen LogP contribution in [0.2, 0.25) is 5.15 Å². The summed E-state index contributed by atoms with van der Waals surface area (Å²) in [6, 6.07) is 1.64. The van der Waals surface area contributed by atoms with Gasteiger partial charge in [0.15, 0.2) is 0 Å². The average Bonchev–Trinajstić information content (AvgIpc) is 2.20. The number of aryl methyl sites for hydroxylation is 1. The van der Waals surface area contributed by atoms with Crippen molar-refractivity contribution < 1.29 is 8.42 Å². The third-order valence-electron chi connectivity index (χ3n) is 3.36. The first-order valence-corrected chi connectivity index (χ1v) is 8.12. The zero-order valence-corrected chi connectivity index (χ0v) is 11.9. The van der Waals surface area contributed by atoms with Crippen molar-refractivity contribution in [1.29, 1.82) is 0 Å². The van der Waals surface area contributed by atoms with Gasteiger partial charge in [0.2, 0.25) is 10.0 Å². The van der Waals surface area contributed by atoms with Gasteiger partial charge in [-0.15, -0.1) is 0 Å². The van der Waals surface area contributed by atoms with Crippen molar-refractivity contribution in [3.63, 3.8) is 0 Å². The van der Waals surface area contributed by atoms with Gasteiger partial charge in [-0.3, -0.25) is 4.72 Å². The van der Waals surface area contributed by atoms with E-state index in [9.17, 15) is 8.42 Å². The Morgan fingerprint density at radius 3 is 2.78 bits per heavy atom. The molecule has 1 aliphatic rings. The molecule has 0 spiro atoms. The first-order valence-electron chi connectivity index (χ1n) is 6.09. The third kappa shape index (κ3) is 3.59. The standard InChI is InChI=1S/C12H17ClN2O2S/c1-9-7-12(13)14-8-11(9)15-18(16,17)6-5-10-3-2-4-10/h7-8,10,15H,2-6H2,1H3. The second kappa shape index (κ2) is 5.45. The van der Waals surface area contributed by atoms with E-state index in [0.717, 1.165) is 24.8 Å². The van der Waals surface area contributed by atoms with Crippen LogP contribution in [0.1, 0.15) is 31.2 Å². The molecule has 4 nitrogen and oxygen atoms in total. The van der Waals surface area contributed by atoms with Crippen molar-refractivity contribution in [3.05, 3.63) is 23.0 Å². The number of rotatable bonds is 5. The van der Waals surface area contributed by atoms with E-state index in [-0.39, 0.29) is 5.75 Å². The minimum Gasteiger partial charge on any atom is -0.282 e. The molecule has 1 aliphatic carbocycles. The Morgan fingerprint density at radius 1 is 1.50 bits per heavy atom. The SMILES string of the molecule is Cc1cc(Cl)ncc1NS(=O)(=O)CCC1CCC1. The molecule has 0 radical (unpaired) electrons. The number of hydrogen-bond donors (Lipinski definition) is 1. The van der Waals surface area contributed by atoms with E-state index >= 15 is 0 Å². The Labute approximate surface area is 113 Å². The molecule has 1 heterocycles. The van der Waals surface area contributed by atoms with Crippen molar-refractivity contribution in [2.24, 2.45) is 5.92 Å². The summed E-state index contributed by atoms with van der Waals surface area (Å²) >= 11 is 5.73. The van der Waals surface area contributed by atoms with Crippen LogP contribution >= 0.6 is 11.6 Å². The highest BCUT2D eigenvalue weighted by atomic mass is 35.5. The van der Waals surface area contributed by atoms with Crippen molar-refractivity contribution in [3.8, 4) is 0 Å². The predicted octanol–water partition coefficient (Wildman–Crippen LogP) is 2.98. The van der Waals surface area contributed by atoms with E-state index in [2.05, 4.69) is 9.71 Å². The number of nitrogens with zero attached hydrogens (tertiary/aromatic N) is 1. The van der Waals surface area contributed by atoms with Crippen LogP contribution in [0.3, 0.4) is 0 Å². The molecule has 0 saturated heterocycles. The van der Waals surface area contributed by atoms with Gasteiger partial charge in [0.25, 0.3) is 0 Å². The predicted molar refractivity (Wildman–Crippen MR) is 73.4 cm³/mol. The summed E-state index contributed by atoms with van der Waals surface area (Å²) in [5.41, 5.74) is 1.29. The van der Waals surface area contributed by atoms with E-state index in [0.29, 0.717) is 16.8 Å². The third-order valence-corrected chi connectivity index (χ3v) is 4.87. The van der Waals surface area contributed by atoms with Crippen molar-refractivity contribution in [1.82, 2.24) is 4.98 Å². The smallest absolute Gasteiger partial charge is 0.232 e. The number of halogens is 1. The highest BCUT2D eigenvalue weighted by molar-refractivity contribution is 7.92. The van der Waals surface area contributed by atoms with Gasteiger partial charge in [0.1, 0.15) is 5.15 Å². The second-order valence-electron chi connectivity index (χ2n) is 4.83. The minimum atomic E-state index is -3.27. The zero-order chi connectivity index (χ0) is 13.2. The fourth-order valence-electron chi connectivity index (χ4n) is 1.95. The largest absolute Gasteiger partial charge is 0.282 e. The highest BCUT2D eigenvalue weighted by Gasteiger charge is 2.21. The second-order valence-corrected chi connectivity index (χ2v) is 7.06. The number of aromatic nitrogens is 1. The number of pyridine rings is 1. The van der Waals surface area contributed by atoms with Gasteiger partial charge < -0.3 is 0 Å². The summed E-state index contributed by atoms with van der Waals surface area (Å²) in [4.78, 5) is 3.89. The summed E-state index contributed by atoms with van der Waals surface area (Å²) in [6.07, 6.45) is 5.76. The van der Waals surface area contributed by atoms with Crippen molar-refractivity contribution in [2.75, 3.05) is 10.5 Å². The van der Waals surface area contributed by atoms with Gasteiger partial charge in [-0.25, -0.2) is 13.4 Å². The van der Waals surface area contributed by atoms with Gasteiger partial charge in [-0.05, 0) is 30.9 Å². The fourth-order valence-corrected chi connectivity index (χ4v) is 3.46. The van der Waals surface area contributed by atoms with E-state index in [4.69, 9.17) is 11.6 Å². The number of hydrogen-bond acceptors (Lipinski definition) is 3. The van der Waals surface area contributed by atoms with Crippen LogP contribution in [0.25, 0.3) is 0 Å². The van der Waals surface area contributed by atoms with Gasteiger partial charge in [-0.1, -0.05) is 30.9 Å². The Morgan fingerprint density at radius 2 is 2.22 bits per heavy atom. The number of nitrogens with one attached hydrogen (secondary N) is 1. The molecule has 1 saturated carbocycles. The maximum absolute atomic E-state index is 11.9. The molecule has 1 aromatic rings. The van der Waals surface area contributed by atoms with E-state index in [1.807, 2.05) is 0 Å². The molecule has 0 unspecified atom stereocenters. The molecule has 0 atom stereocenters. The molecule has 6 heteroatoms. The van der Waals surface area contributed by atoms with Crippen LogP contribution in [0, 0.1) is 12.8 Å². The number of anilines is 1. The quantitative estimate of drug-likeness (QED) is 0.848. The topological polar surface area (TPSA) is 59.1 Å². The molecule has 0 amide bonds. The maximum atomic E-state index is 11.9. The zero-order valence-electron chi connectivity index (χ0n) is 10.3. The molecular formula is C12H17ClN2O2S. The Kier molecular flexibility index (Phi) is 4.12. The summed E-state index contributed by atoms with van der Waals surface area (Å²) in [7, 11) is -3.27. The van der Waals surface area contributed by atoms with Crippen LogP contribution < -0.4 is 4.72 Å². The Hall–Kier alpha value is -0.810. The van der Waals surface area contributed by atoms with Gasteiger partial charge in [0.05, 0.1) is 17.6 Å². The lowest BCUT2D eigenvalue weighted by Gasteiger charge is -2.25. The van der Waals surface area contributed by atoms with Crippen molar-refractivity contribution >= 4 is 27.3 Å². The molecule has 0 aliphatic heterocycles. The summed E-state index contributed by atoms with van der Waals surface area (Å²) in [5, 5.41) is 0.366. The molecule has 100 valence electrons. The number of sulfonamides is 1. The van der Waals surface area contributed by atoms with Crippen LogP contribution in [0.4, 0.5) is 5.69 Å². The van der Waals surface area contributed by atoms with Gasteiger partial charge >= 0.3 is 0 Å². The summed E-state index contributed by atoms with van der Waals surface area (Å²) < 4.78 is 26.4. The highest BCUT2D eigenvalue weighted by Crippen LogP contribution is 2.29. The van der Waals surface area contributed by atoms with Crippen LogP contribution in [-0.4, -0.2) is 19.2 Å². The van der Waals surface area contributed by atoms with Crippen LogP contribution in [0.5, 0.6) is 0 Å². The lowest BCUT2D eigenvalue weighted by Crippen LogP contribution is -2.22. The Balaban J connectivity index is 1.97. The molecular weight excluding hydrogens is 272 g/mol. The van der Waals surface area contributed by atoms with Gasteiger partial charge in [-0.2, -0.15) is 0 Å². The first kappa shape index (κ1) is 13.6. The average molecular weight is 289 g/mol. The molecule has 1 N–H and O–H groups in total. The lowest BCUT2D eigenvalue weighted by molar-refractivity contribution is 0.307. The summed E-state index contributed by atoms with van der Waals surface area (Å²) in [6.45, 7) is 1.80. The lowest BCUT2D eigenvalue weighted by atomic mass is 9.84. The fraction of sp³-hybridized carbons (Fsp3) is 0.583. The molecule has 0 aromatic carbocycles. The minimum absolute atomic E-state index is 0.180. The molecule has 1 aromatic heterocycles. The normalized spacial score (nSPS) is 16.3. The van der Waals surface area contributed by atoms with Crippen molar-refractivity contribution in [2.45, 2.75) is 32.6 Å². The Bertz CT molecular complexity index is 527. The monoisotopic (exact) mass is 288 g/mol.